The van der Waals surface area contributed by atoms with Gasteiger partial charge in [0.1, 0.15) is 11.5 Å². The van der Waals surface area contributed by atoms with E-state index in [4.69, 9.17) is 9.47 Å². The molecule has 1 fully saturated rings. The van der Waals surface area contributed by atoms with Crippen LogP contribution in [0, 0.1) is 0 Å². The molecular formula is C23H30N2O3. The van der Waals surface area contributed by atoms with Crippen LogP contribution in [-0.4, -0.2) is 44.2 Å². The SMILES string of the molecule is CCc1ccc(OCC(=O)NC[C@@H](c2ccc(OC)cc2)N2CCCC2)cc1. The van der Waals surface area contributed by atoms with Crippen molar-refractivity contribution >= 4 is 5.91 Å². The summed E-state index contributed by atoms with van der Waals surface area (Å²) in [5, 5.41) is 3.04. The summed E-state index contributed by atoms with van der Waals surface area (Å²) in [6.45, 7) is 4.84. The van der Waals surface area contributed by atoms with Gasteiger partial charge in [0.2, 0.25) is 0 Å². The molecule has 1 aliphatic rings. The summed E-state index contributed by atoms with van der Waals surface area (Å²) in [5.41, 5.74) is 2.45. The number of nitrogens with zero attached hydrogens (tertiary/aromatic N) is 1. The molecule has 1 heterocycles. The van der Waals surface area contributed by atoms with Crippen molar-refractivity contribution in [2.24, 2.45) is 0 Å². The summed E-state index contributed by atoms with van der Waals surface area (Å²) in [4.78, 5) is 14.8. The van der Waals surface area contributed by atoms with Crippen LogP contribution >= 0.6 is 0 Å². The lowest BCUT2D eigenvalue weighted by Gasteiger charge is -2.28. The molecule has 0 bridgehead atoms. The van der Waals surface area contributed by atoms with Gasteiger partial charge in [0, 0.05) is 6.54 Å². The third-order valence-electron chi connectivity index (χ3n) is 5.28. The van der Waals surface area contributed by atoms with Gasteiger partial charge in [0.15, 0.2) is 6.61 Å². The van der Waals surface area contributed by atoms with Gasteiger partial charge in [-0.05, 0) is 67.7 Å². The van der Waals surface area contributed by atoms with Gasteiger partial charge in [-0.25, -0.2) is 0 Å². The molecule has 1 amide bonds. The van der Waals surface area contributed by atoms with Crippen LogP contribution in [0.3, 0.4) is 0 Å². The smallest absolute Gasteiger partial charge is 0.258 e. The van der Waals surface area contributed by atoms with E-state index in [0.29, 0.717) is 6.54 Å². The van der Waals surface area contributed by atoms with Crippen LogP contribution < -0.4 is 14.8 Å². The van der Waals surface area contributed by atoms with Gasteiger partial charge in [0.25, 0.3) is 5.91 Å². The zero-order chi connectivity index (χ0) is 19.8. The Bertz CT molecular complexity index is 737. The van der Waals surface area contributed by atoms with Crippen molar-refractivity contribution in [3.8, 4) is 11.5 Å². The highest BCUT2D eigenvalue weighted by molar-refractivity contribution is 5.77. The Kier molecular flexibility index (Phi) is 7.31. The molecule has 0 aromatic heterocycles. The van der Waals surface area contributed by atoms with Crippen LogP contribution in [-0.2, 0) is 11.2 Å². The predicted octanol–water partition coefficient (Wildman–Crippen LogP) is 3.59. The van der Waals surface area contributed by atoms with Crippen molar-refractivity contribution in [2.75, 3.05) is 33.4 Å². The highest BCUT2D eigenvalue weighted by Gasteiger charge is 2.24. The summed E-state index contributed by atoms with van der Waals surface area (Å²) in [5.74, 6) is 1.46. The van der Waals surface area contributed by atoms with Crippen LogP contribution in [0.1, 0.15) is 36.9 Å². The lowest BCUT2D eigenvalue weighted by Crippen LogP contribution is -2.38. The largest absolute Gasteiger partial charge is 0.497 e. The fourth-order valence-electron chi connectivity index (χ4n) is 3.57. The first-order valence-electron chi connectivity index (χ1n) is 10.1. The number of rotatable bonds is 9. The molecule has 2 aromatic carbocycles. The standard InChI is InChI=1S/C23H30N2O3/c1-3-18-6-10-21(11-7-18)28-17-23(26)24-16-22(25-14-4-5-15-25)19-8-12-20(27-2)13-9-19/h6-13,22H,3-5,14-17H2,1-2H3,(H,24,26)/t22-/m0/s1. The number of carbonyl (C=O) groups excluding carboxylic acids is 1. The van der Waals surface area contributed by atoms with Crippen molar-refractivity contribution in [3.05, 3.63) is 59.7 Å². The normalized spacial score (nSPS) is 15.2. The number of aryl methyl sites for hydroxylation is 1. The highest BCUT2D eigenvalue weighted by atomic mass is 16.5. The summed E-state index contributed by atoms with van der Waals surface area (Å²) >= 11 is 0. The molecule has 1 atom stereocenters. The average molecular weight is 383 g/mol. The first-order valence-corrected chi connectivity index (χ1v) is 10.1. The van der Waals surface area contributed by atoms with E-state index in [1.807, 2.05) is 36.4 Å². The maximum absolute atomic E-state index is 12.3. The van der Waals surface area contributed by atoms with Crippen molar-refractivity contribution in [2.45, 2.75) is 32.2 Å². The second-order valence-electron chi connectivity index (χ2n) is 7.12. The lowest BCUT2D eigenvalue weighted by molar-refractivity contribution is -0.123. The van der Waals surface area contributed by atoms with Crippen LogP contribution in [0.5, 0.6) is 11.5 Å². The molecular weight excluding hydrogens is 352 g/mol. The van der Waals surface area contributed by atoms with E-state index >= 15 is 0 Å². The Hall–Kier alpha value is -2.53. The molecule has 1 aliphatic heterocycles. The minimum absolute atomic E-state index is 0.0286. The van der Waals surface area contributed by atoms with E-state index in [2.05, 4.69) is 29.3 Å². The average Bonchev–Trinajstić information content (AvgIpc) is 3.28. The van der Waals surface area contributed by atoms with Crippen LogP contribution in [0.25, 0.3) is 0 Å². The van der Waals surface area contributed by atoms with Crippen LogP contribution in [0.4, 0.5) is 0 Å². The van der Waals surface area contributed by atoms with Crippen molar-refractivity contribution in [1.29, 1.82) is 0 Å². The first-order chi connectivity index (χ1) is 13.7. The summed E-state index contributed by atoms with van der Waals surface area (Å²) in [7, 11) is 1.67. The Morgan fingerprint density at radius 1 is 1.04 bits per heavy atom. The topological polar surface area (TPSA) is 50.8 Å². The third-order valence-corrected chi connectivity index (χ3v) is 5.28. The molecule has 0 spiro atoms. The molecule has 0 radical (unpaired) electrons. The Morgan fingerprint density at radius 2 is 1.68 bits per heavy atom. The van der Waals surface area contributed by atoms with Gasteiger partial charge in [-0.1, -0.05) is 31.2 Å². The second-order valence-corrected chi connectivity index (χ2v) is 7.12. The zero-order valence-corrected chi connectivity index (χ0v) is 16.8. The number of benzene rings is 2. The number of amides is 1. The van der Waals surface area contributed by atoms with Crippen molar-refractivity contribution in [1.82, 2.24) is 10.2 Å². The predicted molar refractivity (Wildman–Crippen MR) is 111 cm³/mol. The Balaban J connectivity index is 1.55. The van der Waals surface area contributed by atoms with E-state index in [1.54, 1.807) is 7.11 Å². The molecule has 1 N–H and O–H groups in total. The quantitative estimate of drug-likeness (QED) is 0.720. The minimum Gasteiger partial charge on any atom is -0.497 e. The van der Waals surface area contributed by atoms with Gasteiger partial charge in [-0.3, -0.25) is 9.69 Å². The first kappa shape index (κ1) is 20.2. The Labute approximate surface area is 167 Å². The molecule has 0 unspecified atom stereocenters. The van der Waals surface area contributed by atoms with Crippen LogP contribution in [0.2, 0.25) is 0 Å². The number of ether oxygens (including phenoxy) is 2. The molecule has 150 valence electrons. The van der Waals surface area contributed by atoms with Crippen molar-refractivity contribution < 1.29 is 14.3 Å². The fraction of sp³-hybridized carbons (Fsp3) is 0.435. The zero-order valence-electron chi connectivity index (χ0n) is 16.8. The van der Waals surface area contributed by atoms with Gasteiger partial charge >= 0.3 is 0 Å². The van der Waals surface area contributed by atoms with Gasteiger partial charge in [-0.2, -0.15) is 0 Å². The van der Waals surface area contributed by atoms with E-state index in [-0.39, 0.29) is 18.6 Å². The molecule has 5 heteroatoms. The van der Waals surface area contributed by atoms with Crippen molar-refractivity contribution in [3.63, 3.8) is 0 Å². The molecule has 0 saturated carbocycles. The summed E-state index contributed by atoms with van der Waals surface area (Å²) in [6, 6.07) is 16.2. The number of nitrogens with one attached hydrogen (secondary N) is 1. The molecule has 2 aromatic rings. The molecule has 0 aliphatic carbocycles. The highest BCUT2D eigenvalue weighted by Crippen LogP contribution is 2.26. The fourth-order valence-corrected chi connectivity index (χ4v) is 3.57. The number of carbonyl (C=O) groups is 1. The van der Waals surface area contributed by atoms with Gasteiger partial charge < -0.3 is 14.8 Å². The van der Waals surface area contributed by atoms with E-state index < -0.39 is 0 Å². The van der Waals surface area contributed by atoms with E-state index in [9.17, 15) is 4.79 Å². The van der Waals surface area contributed by atoms with Gasteiger partial charge in [-0.15, -0.1) is 0 Å². The lowest BCUT2D eigenvalue weighted by atomic mass is 10.1. The number of likely N-dealkylation sites (tertiary alicyclic amines) is 1. The summed E-state index contributed by atoms with van der Waals surface area (Å²) < 4.78 is 10.9. The molecule has 3 rings (SSSR count). The molecule has 5 nitrogen and oxygen atoms in total. The number of methoxy groups -OCH3 is 1. The Morgan fingerprint density at radius 3 is 2.29 bits per heavy atom. The molecule has 1 saturated heterocycles. The van der Waals surface area contributed by atoms with Gasteiger partial charge in [0.05, 0.1) is 13.2 Å². The number of hydrogen-bond acceptors (Lipinski definition) is 4. The minimum atomic E-state index is -0.0997. The number of hydrogen-bond donors (Lipinski definition) is 1. The van der Waals surface area contributed by atoms with E-state index in [0.717, 1.165) is 31.0 Å². The van der Waals surface area contributed by atoms with E-state index in [1.165, 1.54) is 24.0 Å². The summed E-state index contributed by atoms with van der Waals surface area (Å²) in [6.07, 6.45) is 3.40. The molecule has 28 heavy (non-hydrogen) atoms. The maximum atomic E-state index is 12.3. The van der Waals surface area contributed by atoms with Crippen LogP contribution in [0.15, 0.2) is 48.5 Å². The monoisotopic (exact) mass is 382 g/mol. The third kappa shape index (κ3) is 5.49. The second kappa shape index (κ2) is 10.1. The maximum Gasteiger partial charge on any atom is 0.258 e.